The third-order valence-corrected chi connectivity index (χ3v) is 9.18. The molecule has 7 rings (SSSR count). The monoisotopic (exact) mass is 679 g/mol. The molecule has 0 aliphatic carbocycles. The molecule has 51 heavy (non-hydrogen) atoms. The zero-order valence-electron chi connectivity index (χ0n) is 28.6. The summed E-state index contributed by atoms with van der Waals surface area (Å²) < 4.78 is 13.2. The Labute approximate surface area is 298 Å². The Hall–Kier alpha value is -5.32. The molecule has 1 fully saturated rings. The fraction of sp³-hybridized carbons (Fsp3) is 0.238. The summed E-state index contributed by atoms with van der Waals surface area (Å²) in [6.45, 7) is 1.99. The van der Waals surface area contributed by atoms with Gasteiger partial charge in [0.2, 0.25) is 0 Å². The van der Waals surface area contributed by atoms with E-state index in [2.05, 4.69) is 74.7 Å². The molecule has 1 saturated heterocycles. The number of rotatable bonds is 12. The zero-order valence-corrected chi connectivity index (χ0v) is 28.6. The second-order valence-electron chi connectivity index (χ2n) is 12.9. The van der Waals surface area contributed by atoms with Gasteiger partial charge in [0.1, 0.15) is 5.69 Å². The maximum Gasteiger partial charge on any atom is 0.271 e. The molecule has 3 heterocycles. The lowest BCUT2D eigenvalue weighted by Gasteiger charge is -2.38. The van der Waals surface area contributed by atoms with Gasteiger partial charge in [-0.15, -0.1) is 0 Å². The van der Waals surface area contributed by atoms with Crippen LogP contribution in [-0.2, 0) is 29.0 Å². The normalized spacial score (nSPS) is 17.4. The van der Waals surface area contributed by atoms with Crippen LogP contribution in [0.1, 0.15) is 57.3 Å². The molecule has 9 heteroatoms. The molecule has 1 aliphatic heterocycles. The number of nitrogens with zero attached hydrogens (tertiary/aromatic N) is 4. The molecule has 0 saturated carbocycles. The third-order valence-electron chi connectivity index (χ3n) is 9.18. The van der Waals surface area contributed by atoms with Crippen molar-refractivity contribution in [2.75, 3.05) is 20.1 Å². The first-order chi connectivity index (χ1) is 25.0. The lowest BCUT2D eigenvalue weighted by Crippen LogP contribution is -2.38. The molecule has 4 aromatic carbocycles. The van der Waals surface area contributed by atoms with Crippen molar-refractivity contribution in [1.29, 1.82) is 0 Å². The van der Waals surface area contributed by atoms with E-state index in [1.54, 1.807) is 0 Å². The highest BCUT2D eigenvalue weighted by molar-refractivity contribution is 5.93. The number of aliphatic hydroxyl groups excluding tert-OH is 1. The predicted molar refractivity (Wildman–Crippen MR) is 196 cm³/mol. The van der Waals surface area contributed by atoms with Crippen molar-refractivity contribution < 1.29 is 19.4 Å². The number of ether oxygens (including phenoxy) is 2. The number of fused-ring (bicyclic) bond motifs is 1. The Bertz CT molecular complexity index is 2060. The van der Waals surface area contributed by atoms with E-state index in [0.717, 1.165) is 70.5 Å². The number of amides is 1. The molecule has 3 atom stereocenters. The van der Waals surface area contributed by atoms with Gasteiger partial charge in [-0.05, 0) is 65.2 Å². The molecule has 1 aliphatic rings. The Morgan fingerprint density at radius 2 is 1.61 bits per heavy atom. The van der Waals surface area contributed by atoms with Crippen molar-refractivity contribution in [3.8, 4) is 11.1 Å². The Morgan fingerprint density at radius 1 is 0.824 bits per heavy atom. The number of para-hydroxylation sites is 2. The minimum absolute atomic E-state index is 0.00560. The summed E-state index contributed by atoms with van der Waals surface area (Å²) in [6.07, 6.45) is 4.19. The summed E-state index contributed by atoms with van der Waals surface area (Å²) in [5, 5.41) is 12.5. The van der Waals surface area contributed by atoms with Crippen molar-refractivity contribution in [3.63, 3.8) is 0 Å². The molecule has 258 valence electrons. The van der Waals surface area contributed by atoms with Gasteiger partial charge < -0.3 is 24.8 Å². The van der Waals surface area contributed by atoms with Crippen LogP contribution in [0.4, 0.5) is 0 Å². The molecule has 1 amide bonds. The van der Waals surface area contributed by atoms with Crippen LogP contribution in [0.25, 0.3) is 22.2 Å². The molecular weight excluding hydrogens is 638 g/mol. The van der Waals surface area contributed by atoms with Crippen LogP contribution >= 0.6 is 0 Å². The van der Waals surface area contributed by atoms with Gasteiger partial charge in [-0.25, -0.2) is 4.98 Å². The van der Waals surface area contributed by atoms with Crippen molar-refractivity contribution in [3.05, 3.63) is 161 Å². The fourth-order valence-electron chi connectivity index (χ4n) is 6.36. The highest BCUT2D eigenvalue weighted by Gasteiger charge is 2.32. The number of hydrogen-bond donors (Lipinski definition) is 2. The largest absolute Gasteiger partial charge is 0.392 e. The SMILES string of the molecule is CN(CCc1ccccn1)C[C@@H]1C[C@H](c2ccc(CO)cc2)O[C@H](c2ccc(-c3cccc(CNC(=O)c4cnc5ccccc5n4)c3)cc2)O1. The Kier molecular flexibility index (Phi) is 10.8. The number of benzene rings is 4. The minimum atomic E-state index is -0.538. The molecule has 9 nitrogen and oxygen atoms in total. The summed E-state index contributed by atoms with van der Waals surface area (Å²) in [5.74, 6) is -0.268. The summed E-state index contributed by atoms with van der Waals surface area (Å²) in [5.41, 5.74) is 8.74. The molecule has 0 bridgehead atoms. The van der Waals surface area contributed by atoms with E-state index in [0.29, 0.717) is 12.1 Å². The quantitative estimate of drug-likeness (QED) is 0.145. The minimum Gasteiger partial charge on any atom is -0.392 e. The number of aromatic nitrogens is 3. The molecule has 0 unspecified atom stereocenters. The van der Waals surface area contributed by atoms with Crippen molar-refractivity contribution in [2.45, 2.75) is 44.5 Å². The lowest BCUT2D eigenvalue weighted by molar-refractivity contribution is -0.252. The standard InChI is InChI=1S/C42H41N5O4/c1-47(22-20-35-9-4-5-21-43-35)27-36-24-40(32-14-12-29(28-48)13-15-32)51-42(50-36)33-18-16-31(17-19-33)34-8-6-7-30(23-34)25-45-41(49)39-26-44-37-10-2-3-11-38(37)46-39/h2-19,21,23,26,36,40,42,48H,20,22,24-25,27-28H2,1H3,(H,45,49)/t36-,40+,42+/m0/s1. The van der Waals surface area contributed by atoms with Crippen LogP contribution in [-0.4, -0.2) is 57.1 Å². The first-order valence-corrected chi connectivity index (χ1v) is 17.3. The van der Waals surface area contributed by atoms with Gasteiger partial charge in [-0.3, -0.25) is 14.8 Å². The number of likely N-dealkylation sites (N-methyl/N-ethyl adjacent to an activating group) is 1. The zero-order chi connectivity index (χ0) is 35.0. The molecular formula is C42H41N5O4. The first kappa shape index (κ1) is 34.1. The summed E-state index contributed by atoms with van der Waals surface area (Å²) >= 11 is 0. The highest BCUT2D eigenvalue weighted by Crippen LogP contribution is 2.38. The van der Waals surface area contributed by atoms with E-state index < -0.39 is 6.29 Å². The average molecular weight is 680 g/mol. The number of carbonyl (C=O) groups excluding carboxylic acids is 1. The van der Waals surface area contributed by atoms with Gasteiger partial charge in [-0.2, -0.15) is 0 Å². The van der Waals surface area contributed by atoms with E-state index in [-0.39, 0.29) is 30.4 Å². The predicted octanol–water partition coefficient (Wildman–Crippen LogP) is 6.83. The van der Waals surface area contributed by atoms with E-state index >= 15 is 0 Å². The summed E-state index contributed by atoms with van der Waals surface area (Å²) in [4.78, 5) is 28.4. The third kappa shape index (κ3) is 8.71. The number of pyridine rings is 1. The van der Waals surface area contributed by atoms with E-state index in [4.69, 9.17) is 9.47 Å². The molecule has 2 aromatic heterocycles. The van der Waals surface area contributed by atoms with Crippen LogP contribution in [0.15, 0.2) is 128 Å². The number of hydrogen-bond acceptors (Lipinski definition) is 8. The topological polar surface area (TPSA) is 110 Å². The Balaban J connectivity index is 1.02. The van der Waals surface area contributed by atoms with Gasteiger partial charge >= 0.3 is 0 Å². The second-order valence-corrected chi connectivity index (χ2v) is 12.9. The smallest absolute Gasteiger partial charge is 0.271 e. The van der Waals surface area contributed by atoms with Gasteiger partial charge in [0, 0.05) is 49.9 Å². The number of nitrogens with one attached hydrogen (secondary N) is 1. The van der Waals surface area contributed by atoms with E-state index in [9.17, 15) is 9.90 Å². The summed E-state index contributed by atoms with van der Waals surface area (Å²) in [6, 6.07) is 37.9. The van der Waals surface area contributed by atoms with Crippen molar-refractivity contribution >= 4 is 16.9 Å². The van der Waals surface area contributed by atoms with Crippen molar-refractivity contribution in [2.24, 2.45) is 0 Å². The second kappa shape index (κ2) is 16.1. The molecule has 0 radical (unpaired) electrons. The molecule has 6 aromatic rings. The van der Waals surface area contributed by atoms with Crippen LogP contribution in [0.5, 0.6) is 0 Å². The van der Waals surface area contributed by atoms with Crippen LogP contribution in [0.2, 0.25) is 0 Å². The maximum absolute atomic E-state index is 12.9. The molecule has 2 N–H and O–H groups in total. The maximum atomic E-state index is 12.9. The van der Waals surface area contributed by atoms with Gasteiger partial charge in [0.15, 0.2) is 6.29 Å². The molecule has 0 spiro atoms. The number of carbonyl (C=O) groups is 1. The van der Waals surface area contributed by atoms with Crippen LogP contribution < -0.4 is 5.32 Å². The fourth-order valence-corrected chi connectivity index (χ4v) is 6.36. The van der Waals surface area contributed by atoms with Crippen LogP contribution in [0.3, 0.4) is 0 Å². The first-order valence-electron chi connectivity index (χ1n) is 17.3. The van der Waals surface area contributed by atoms with Crippen LogP contribution in [0, 0.1) is 0 Å². The average Bonchev–Trinajstić information content (AvgIpc) is 3.19. The van der Waals surface area contributed by atoms with E-state index in [1.165, 1.54) is 6.20 Å². The Morgan fingerprint density at radius 3 is 2.39 bits per heavy atom. The van der Waals surface area contributed by atoms with Gasteiger partial charge in [0.25, 0.3) is 5.91 Å². The van der Waals surface area contributed by atoms with Gasteiger partial charge in [-0.1, -0.05) is 84.9 Å². The van der Waals surface area contributed by atoms with E-state index in [1.807, 2.05) is 79.0 Å². The van der Waals surface area contributed by atoms with Crippen molar-refractivity contribution in [1.82, 2.24) is 25.2 Å². The summed E-state index contributed by atoms with van der Waals surface area (Å²) in [7, 11) is 2.12. The van der Waals surface area contributed by atoms with Gasteiger partial charge in [0.05, 0.1) is 36.0 Å². The highest BCUT2D eigenvalue weighted by atomic mass is 16.7. The number of aliphatic hydroxyl groups is 1. The lowest BCUT2D eigenvalue weighted by atomic mass is 9.99.